The van der Waals surface area contributed by atoms with E-state index in [0.717, 1.165) is 45.3 Å². The van der Waals surface area contributed by atoms with Gasteiger partial charge in [-0.25, -0.2) is 0 Å². The van der Waals surface area contributed by atoms with Crippen LogP contribution in [0.25, 0.3) is 0 Å². The molecule has 1 saturated carbocycles. The predicted molar refractivity (Wildman–Crippen MR) is 86.1 cm³/mol. The van der Waals surface area contributed by atoms with E-state index in [2.05, 4.69) is 12.1 Å². The fourth-order valence-corrected chi connectivity index (χ4v) is 4.44. The molecule has 1 unspecified atom stereocenters. The van der Waals surface area contributed by atoms with Crippen LogP contribution in [-0.2, 0) is 9.59 Å². The van der Waals surface area contributed by atoms with Gasteiger partial charge >= 0.3 is 0 Å². The number of rotatable bonds is 3. The van der Waals surface area contributed by atoms with Crippen LogP contribution in [0.15, 0.2) is 12.2 Å². The van der Waals surface area contributed by atoms with Gasteiger partial charge in [0.25, 0.3) is 0 Å². The highest BCUT2D eigenvalue weighted by atomic mass is 16.2. The maximum absolute atomic E-state index is 12.2. The lowest BCUT2D eigenvalue weighted by molar-refractivity contribution is -0.130. The summed E-state index contributed by atoms with van der Waals surface area (Å²) < 4.78 is 0. The molecule has 0 N–H and O–H groups in total. The van der Waals surface area contributed by atoms with Crippen LogP contribution in [0.3, 0.4) is 0 Å². The van der Waals surface area contributed by atoms with E-state index in [-0.39, 0.29) is 17.9 Å². The van der Waals surface area contributed by atoms with Crippen molar-refractivity contribution in [3.63, 3.8) is 0 Å². The van der Waals surface area contributed by atoms with Crippen LogP contribution < -0.4 is 0 Å². The van der Waals surface area contributed by atoms with Crippen molar-refractivity contribution in [2.75, 3.05) is 19.6 Å². The topological polar surface area (TPSA) is 64.4 Å². The number of fused-ring (bicyclic) bond motifs is 1. The zero-order chi connectivity index (χ0) is 16.4. The zero-order valence-corrected chi connectivity index (χ0v) is 13.8. The van der Waals surface area contributed by atoms with Gasteiger partial charge in [-0.05, 0) is 43.4 Å². The minimum Gasteiger partial charge on any atom is -0.342 e. The van der Waals surface area contributed by atoms with Crippen molar-refractivity contribution < 1.29 is 9.59 Å². The standard InChI is InChI=1S/C18H25N3O2/c1-13(22)20-11-15-8-14(9-16(15)12-20)4-2-6-18(23)21-7-3-5-17(21)10-19/h2,4,14-17H,3,5-9,11-12H2,1H3/t14?,15-,16+,17-/m0/s1. The van der Waals surface area contributed by atoms with Gasteiger partial charge in [0.2, 0.25) is 11.8 Å². The number of hydrogen-bond donors (Lipinski definition) is 0. The lowest BCUT2D eigenvalue weighted by atomic mass is 10.0. The first-order valence-electron chi connectivity index (χ1n) is 8.69. The van der Waals surface area contributed by atoms with Crippen molar-refractivity contribution in [1.29, 1.82) is 5.26 Å². The number of hydrogen-bond acceptors (Lipinski definition) is 3. The summed E-state index contributed by atoms with van der Waals surface area (Å²) in [5.41, 5.74) is 0. The molecule has 0 radical (unpaired) electrons. The van der Waals surface area contributed by atoms with Gasteiger partial charge in [0.1, 0.15) is 6.04 Å². The van der Waals surface area contributed by atoms with E-state index in [1.54, 1.807) is 11.8 Å². The normalized spacial score (nSPS) is 33.2. The first-order chi connectivity index (χ1) is 11.1. The second-order valence-electron chi connectivity index (χ2n) is 7.18. The van der Waals surface area contributed by atoms with Crippen molar-refractivity contribution in [1.82, 2.24) is 9.80 Å². The van der Waals surface area contributed by atoms with E-state index < -0.39 is 0 Å². The summed E-state index contributed by atoms with van der Waals surface area (Å²) in [7, 11) is 0. The van der Waals surface area contributed by atoms with E-state index in [1.165, 1.54) is 0 Å². The van der Waals surface area contributed by atoms with E-state index in [0.29, 0.717) is 24.2 Å². The Bertz CT molecular complexity index is 537. The average Bonchev–Trinajstić information content (AvgIpc) is 3.20. The quantitative estimate of drug-likeness (QED) is 0.748. The van der Waals surface area contributed by atoms with Crippen LogP contribution in [0, 0.1) is 29.1 Å². The largest absolute Gasteiger partial charge is 0.342 e. The highest BCUT2D eigenvalue weighted by Crippen LogP contribution is 2.42. The van der Waals surface area contributed by atoms with E-state index >= 15 is 0 Å². The summed E-state index contributed by atoms with van der Waals surface area (Å²) in [5.74, 6) is 2.06. The SMILES string of the molecule is CC(=O)N1C[C@H]2CC(C=CCC(=O)N3CCC[C@H]3C#N)C[C@H]2C1. The Labute approximate surface area is 137 Å². The number of amides is 2. The Balaban J connectivity index is 1.45. The van der Waals surface area contributed by atoms with Crippen molar-refractivity contribution in [3.05, 3.63) is 12.2 Å². The highest BCUT2D eigenvalue weighted by Gasteiger charge is 2.40. The van der Waals surface area contributed by atoms with E-state index in [4.69, 9.17) is 5.26 Å². The Morgan fingerprint density at radius 2 is 1.96 bits per heavy atom. The molecule has 0 aromatic rings. The molecule has 0 spiro atoms. The maximum atomic E-state index is 12.2. The van der Waals surface area contributed by atoms with Crippen molar-refractivity contribution in [2.45, 2.75) is 45.1 Å². The fraction of sp³-hybridized carbons (Fsp3) is 0.722. The average molecular weight is 315 g/mol. The number of allylic oxidation sites excluding steroid dienone is 1. The Hall–Kier alpha value is -1.83. The molecule has 2 saturated heterocycles. The van der Waals surface area contributed by atoms with Crippen LogP contribution in [0.2, 0.25) is 0 Å². The summed E-state index contributed by atoms with van der Waals surface area (Å²) in [6.07, 6.45) is 8.59. The second-order valence-corrected chi connectivity index (χ2v) is 7.18. The summed E-state index contributed by atoms with van der Waals surface area (Å²) in [4.78, 5) is 27.3. The van der Waals surface area contributed by atoms with Crippen LogP contribution >= 0.6 is 0 Å². The minimum absolute atomic E-state index is 0.0752. The molecule has 0 bridgehead atoms. The molecule has 2 amide bonds. The predicted octanol–water partition coefficient (Wildman–Crippen LogP) is 1.95. The first-order valence-corrected chi connectivity index (χ1v) is 8.69. The number of likely N-dealkylation sites (tertiary alicyclic amines) is 2. The van der Waals surface area contributed by atoms with Crippen molar-refractivity contribution >= 4 is 11.8 Å². The van der Waals surface area contributed by atoms with Gasteiger partial charge in [0, 0.05) is 33.0 Å². The summed E-state index contributed by atoms with van der Waals surface area (Å²) in [6, 6.07) is 1.99. The molecule has 23 heavy (non-hydrogen) atoms. The smallest absolute Gasteiger partial charge is 0.227 e. The molecule has 5 nitrogen and oxygen atoms in total. The molecule has 124 valence electrons. The number of nitrogens with zero attached hydrogens (tertiary/aromatic N) is 3. The fourth-order valence-electron chi connectivity index (χ4n) is 4.44. The molecule has 5 heteroatoms. The Morgan fingerprint density at radius 3 is 2.57 bits per heavy atom. The van der Waals surface area contributed by atoms with E-state index in [9.17, 15) is 9.59 Å². The van der Waals surface area contributed by atoms with Crippen molar-refractivity contribution in [2.24, 2.45) is 17.8 Å². The van der Waals surface area contributed by atoms with Crippen LogP contribution in [0.5, 0.6) is 0 Å². The molecule has 0 aromatic heterocycles. The third-order valence-electron chi connectivity index (χ3n) is 5.66. The van der Waals surface area contributed by atoms with Gasteiger partial charge in [-0.3, -0.25) is 9.59 Å². The summed E-state index contributed by atoms with van der Waals surface area (Å²) in [5, 5.41) is 9.05. The summed E-state index contributed by atoms with van der Waals surface area (Å²) in [6.45, 7) is 4.18. The zero-order valence-electron chi connectivity index (χ0n) is 13.8. The van der Waals surface area contributed by atoms with Gasteiger partial charge in [0.15, 0.2) is 0 Å². The number of carbonyl (C=O) groups excluding carboxylic acids is 2. The number of nitriles is 1. The van der Waals surface area contributed by atoms with Crippen molar-refractivity contribution in [3.8, 4) is 6.07 Å². The lowest BCUT2D eigenvalue weighted by Crippen LogP contribution is -2.34. The third-order valence-corrected chi connectivity index (χ3v) is 5.66. The minimum atomic E-state index is -0.223. The van der Waals surface area contributed by atoms with Gasteiger partial charge in [0.05, 0.1) is 6.07 Å². The first kappa shape index (κ1) is 16.0. The summed E-state index contributed by atoms with van der Waals surface area (Å²) >= 11 is 0. The molecule has 1 aliphatic carbocycles. The van der Waals surface area contributed by atoms with E-state index in [1.807, 2.05) is 11.0 Å². The molecule has 2 heterocycles. The molecule has 2 aliphatic heterocycles. The van der Waals surface area contributed by atoms with Crippen LogP contribution in [0.1, 0.15) is 39.0 Å². The Kier molecular flexibility index (Phi) is 4.70. The molecule has 3 fully saturated rings. The third kappa shape index (κ3) is 3.41. The molecular weight excluding hydrogens is 290 g/mol. The molecular formula is C18H25N3O2. The van der Waals surface area contributed by atoms with Gasteiger partial charge in [-0.15, -0.1) is 0 Å². The molecule has 4 atom stereocenters. The highest BCUT2D eigenvalue weighted by molar-refractivity contribution is 5.78. The molecule has 3 rings (SSSR count). The molecule has 3 aliphatic rings. The second kappa shape index (κ2) is 6.74. The van der Waals surface area contributed by atoms with Gasteiger partial charge < -0.3 is 9.80 Å². The Morgan fingerprint density at radius 1 is 1.26 bits per heavy atom. The van der Waals surface area contributed by atoms with Crippen LogP contribution in [-0.4, -0.2) is 47.3 Å². The monoisotopic (exact) mass is 315 g/mol. The molecule has 0 aromatic carbocycles. The van der Waals surface area contributed by atoms with Gasteiger partial charge in [-0.1, -0.05) is 12.2 Å². The maximum Gasteiger partial charge on any atom is 0.227 e. The van der Waals surface area contributed by atoms with Crippen LogP contribution in [0.4, 0.5) is 0 Å². The van der Waals surface area contributed by atoms with Gasteiger partial charge in [-0.2, -0.15) is 5.26 Å². The lowest BCUT2D eigenvalue weighted by Gasteiger charge is -2.18. The number of carbonyl (C=O) groups is 2.